The van der Waals surface area contributed by atoms with E-state index in [-0.39, 0.29) is 0 Å². The predicted molar refractivity (Wildman–Crippen MR) is 78.0 cm³/mol. The molecule has 1 aromatic rings. The Morgan fingerprint density at radius 2 is 1.67 bits per heavy atom. The summed E-state index contributed by atoms with van der Waals surface area (Å²) in [6.07, 6.45) is 2.77. The largest absolute Gasteiger partial charge is 0.311 e. The number of hydrogen-bond acceptors (Lipinski definition) is 2. The van der Waals surface area contributed by atoms with Crippen LogP contribution in [0.2, 0.25) is 0 Å². The molecule has 1 aliphatic heterocycles. The Balaban J connectivity index is 1.79. The average Bonchev–Trinajstić information content (AvgIpc) is 2.79. The average molecular weight is 246 g/mol. The van der Waals surface area contributed by atoms with Crippen LogP contribution in [0.4, 0.5) is 0 Å². The monoisotopic (exact) mass is 246 g/mol. The highest BCUT2D eigenvalue weighted by Crippen LogP contribution is 2.16. The lowest BCUT2D eigenvalue weighted by Crippen LogP contribution is -2.30. The number of rotatable bonds is 5. The second-order valence-electron chi connectivity index (χ2n) is 5.60. The summed E-state index contributed by atoms with van der Waals surface area (Å²) in [6, 6.07) is 4.56. The topological polar surface area (TPSA) is 15.3 Å². The lowest BCUT2D eigenvalue weighted by Gasteiger charge is -2.16. The normalized spacial score (nSPS) is 16.4. The van der Waals surface area contributed by atoms with Gasteiger partial charge in [-0.2, -0.15) is 0 Å². The van der Waals surface area contributed by atoms with Crippen molar-refractivity contribution in [2.75, 3.05) is 26.2 Å². The van der Waals surface area contributed by atoms with Crippen molar-refractivity contribution in [3.8, 4) is 0 Å². The smallest absolute Gasteiger partial charge is 0.0211 e. The first-order chi connectivity index (χ1) is 8.66. The van der Waals surface area contributed by atoms with Crippen molar-refractivity contribution >= 4 is 0 Å². The summed E-state index contributed by atoms with van der Waals surface area (Å²) in [5.74, 6) is 0. The van der Waals surface area contributed by atoms with Crippen molar-refractivity contribution < 1.29 is 0 Å². The molecule has 0 spiro atoms. The fourth-order valence-electron chi connectivity index (χ4n) is 2.95. The third kappa shape index (κ3) is 3.56. The van der Waals surface area contributed by atoms with E-state index in [1.165, 1.54) is 54.7 Å². The molecule has 0 amide bonds. The first kappa shape index (κ1) is 13.6. The molecular formula is C16H26N2. The number of nitrogens with one attached hydrogen (secondary N) is 1. The minimum Gasteiger partial charge on any atom is -0.311 e. The summed E-state index contributed by atoms with van der Waals surface area (Å²) >= 11 is 0. The van der Waals surface area contributed by atoms with E-state index >= 15 is 0 Å². The molecule has 2 nitrogen and oxygen atoms in total. The quantitative estimate of drug-likeness (QED) is 0.804. The van der Waals surface area contributed by atoms with E-state index < -0.39 is 0 Å². The molecule has 0 aromatic heterocycles. The molecule has 2 heteroatoms. The van der Waals surface area contributed by atoms with Crippen molar-refractivity contribution in [3.05, 3.63) is 34.4 Å². The van der Waals surface area contributed by atoms with Crippen LogP contribution in [-0.4, -0.2) is 31.1 Å². The molecule has 0 aliphatic carbocycles. The second kappa shape index (κ2) is 6.35. The first-order valence-corrected chi connectivity index (χ1v) is 7.16. The fraction of sp³-hybridized carbons (Fsp3) is 0.625. The molecule has 1 fully saturated rings. The SMILES string of the molecule is Cc1cc(C)c(CNCCN2CCCC2)c(C)c1. The minimum atomic E-state index is 1.01. The van der Waals surface area contributed by atoms with Gasteiger partial charge in [-0.05, 0) is 63.4 Å². The van der Waals surface area contributed by atoms with Crippen LogP contribution < -0.4 is 5.32 Å². The van der Waals surface area contributed by atoms with Gasteiger partial charge < -0.3 is 10.2 Å². The molecule has 0 atom stereocenters. The van der Waals surface area contributed by atoms with E-state index in [1.807, 2.05) is 0 Å². The molecule has 1 aliphatic rings. The zero-order valence-electron chi connectivity index (χ0n) is 12.1. The molecule has 1 saturated heterocycles. The Morgan fingerprint density at radius 3 is 2.28 bits per heavy atom. The third-order valence-corrected chi connectivity index (χ3v) is 3.95. The second-order valence-corrected chi connectivity index (χ2v) is 5.60. The summed E-state index contributed by atoms with van der Waals surface area (Å²) in [5, 5.41) is 3.59. The van der Waals surface area contributed by atoms with Crippen LogP contribution in [-0.2, 0) is 6.54 Å². The lowest BCUT2D eigenvalue weighted by atomic mass is 10.00. The molecule has 18 heavy (non-hydrogen) atoms. The molecule has 100 valence electrons. The van der Waals surface area contributed by atoms with Gasteiger partial charge in [0.1, 0.15) is 0 Å². The van der Waals surface area contributed by atoms with E-state index in [4.69, 9.17) is 0 Å². The molecule has 1 aromatic carbocycles. The van der Waals surface area contributed by atoms with Crippen LogP contribution >= 0.6 is 0 Å². The van der Waals surface area contributed by atoms with Gasteiger partial charge in [0, 0.05) is 19.6 Å². The number of hydrogen-bond donors (Lipinski definition) is 1. The molecule has 1 N–H and O–H groups in total. The Bertz CT molecular complexity index is 369. The van der Waals surface area contributed by atoms with Crippen molar-refractivity contribution in [3.63, 3.8) is 0 Å². The highest BCUT2D eigenvalue weighted by molar-refractivity contribution is 5.37. The molecule has 0 unspecified atom stereocenters. The van der Waals surface area contributed by atoms with Crippen molar-refractivity contribution in [1.29, 1.82) is 0 Å². The van der Waals surface area contributed by atoms with Gasteiger partial charge in [-0.25, -0.2) is 0 Å². The molecule has 2 rings (SSSR count). The first-order valence-electron chi connectivity index (χ1n) is 7.16. The number of aryl methyl sites for hydroxylation is 3. The summed E-state index contributed by atoms with van der Waals surface area (Å²) in [5.41, 5.74) is 5.68. The standard InChI is InChI=1S/C16H26N2/c1-13-10-14(2)16(15(3)11-13)12-17-6-9-18-7-4-5-8-18/h10-11,17H,4-9,12H2,1-3H3. The van der Waals surface area contributed by atoms with Gasteiger partial charge >= 0.3 is 0 Å². The minimum absolute atomic E-state index is 1.01. The van der Waals surface area contributed by atoms with E-state index in [1.54, 1.807) is 0 Å². The molecule has 0 saturated carbocycles. The number of likely N-dealkylation sites (tertiary alicyclic amines) is 1. The number of benzene rings is 1. The Hall–Kier alpha value is -0.860. The molecular weight excluding hydrogens is 220 g/mol. The zero-order valence-corrected chi connectivity index (χ0v) is 12.1. The van der Waals surface area contributed by atoms with Crippen molar-refractivity contribution in [1.82, 2.24) is 10.2 Å². The van der Waals surface area contributed by atoms with Crippen LogP contribution in [0.1, 0.15) is 35.1 Å². The third-order valence-electron chi connectivity index (χ3n) is 3.95. The van der Waals surface area contributed by atoms with E-state index in [2.05, 4.69) is 43.1 Å². The predicted octanol–water partition coefficient (Wildman–Crippen LogP) is 2.80. The van der Waals surface area contributed by atoms with Crippen molar-refractivity contribution in [2.45, 2.75) is 40.2 Å². The molecule has 0 bridgehead atoms. The van der Waals surface area contributed by atoms with Gasteiger partial charge in [0.2, 0.25) is 0 Å². The van der Waals surface area contributed by atoms with Crippen LogP contribution in [0.25, 0.3) is 0 Å². The highest BCUT2D eigenvalue weighted by Gasteiger charge is 2.10. The zero-order chi connectivity index (χ0) is 13.0. The van der Waals surface area contributed by atoms with Gasteiger partial charge in [0.25, 0.3) is 0 Å². The molecule has 0 radical (unpaired) electrons. The fourth-order valence-corrected chi connectivity index (χ4v) is 2.95. The van der Waals surface area contributed by atoms with Crippen LogP contribution in [0, 0.1) is 20.8 Å². The Labute approximate surface area is 111 Å². The van der Waals surface area contributed by atoms with E-state index in [0.29, 0.717) is 0 Å². The van der Waals surface area contributed by atoms with Crippen molar-refractivity contribution in [2.24, 2.45) is 0 Å². The summed E-state index contributed by atoms with van der Waals surface area (Å²) < 4.78 is 0. The van der Waals surface area contributed by atoms with Gasteiger partial charge in [0.05, 0.1) is 0 Å². The maximum atomic E-state index is 3.59. The molecule has 1 heterocycles. The van der Waals surface area contributed by atoms with Crippen LogP contribution in [0.5, 0.6) is 0 Å². The summed E-state index contributed by atoms with van der Waals surface area (Å²) in [4.78, 5) is 2.56. The van der Waals surface area contributed by atoms with Gasteiger partial charge in [-0.1, -0.05) is 17.7 Å². The van der Waals surface area contributed by atoms with Gasteiger partial charge in [-0.15, -0.1) is 0 Å². The lowest BCUT2D eigenvalue weighted by molar-refractivity contribution is 0.335. The highest BCUT2D eigenvalue weighted by atomic mass is 15.1. The number of nitrogens with zero attached hydrogens (tertiary/aromatic N) is 1. The van der Waals surface area contributed by atoms with Gasteiger partial charge in [-0.3, -0.25) is 0 Å². The van der Waals surface area contributed by atoms with E-state index in [0.717, 1.165) is 13.1 Å². The van der Waals surface area contributed by atoms with E-state index in [9.17, 15) is 0 Å². The maximum absolute atomic E-state index is 3.59. The Kier molecular flexibility index (Phi) is 4.79. The summed E-state index contributed by atoms with van der Waals surface area (Å²) in [6.45, 7) is 12.5. The van der Waals surface area contributed by atoms with Crippen LogP contribution in [0.15, 0.2) is 12.1 Å². The summed E-state index contributed by atoms with van der Waals surface area (Å²) in [7, 11) is 0. The van der Waals surface area contributed by atoms with Gasteiger partial charge in [0.15, 0.2) is 0 Å². The van der Waals surface area contributed by atoms with Crippen LogP contribution in [0.3, 0.4) is 0 Å². The Morgan fingerprint density at radius 1 is 1.06 bits per heavy atom. The maximum Gasteiger partial charge on any atom is 0.0211 e.